The summed E-state index contributed by atoms with van der Waals surface area (Å²) in [4.78, 5) is 0. The van der Waals surface area contributed by atoms with Gasteiger partial charge < -0.3 is 9.84 Å². The smallest absolute Gasteiger partial charge is 0.101 e. The molecule has 0 rings (SSSR count). The van der Waals surface area contributed by atoms with Crippen LogP contribution in [-0.4, -0.2) is 23.9 Å². The van der Waals surface area contributed by atoms with E-state index in [0.29, 0.717) is 0 Å². The molecule has 0 aliphatic rings. The molecule has 0 aromatic rings. The van der Waals surface area contributed by atoms with Crippen molar-refractivity contribution in [2.75, 3.05) is 6.61 Å². The summed E-state index contributed by atoms with van der Waals surface area (Å²) in [6, 6.07) is 0. The highest BCUT2D eigenvalue weighted by molar-refractivity contribution is 4.93. The monoisotopic (exact) mass is 773 g/mol. The summed E-state index contributed by atoms with van der Waals surface area (Å²) in [5.41, 5.74) is 0. The van der Waals surface area contributed by atoms with E-state index in [1.165, 1.54) is 257 Å². The predicted molar refractivity (Wildman–Crippen MR) is 250 cm³/mol. The number of aliphatic hydroxyl groups is 1. The largest absolute Gasteiger partial charge is 0.390 e. The van der Waals surface area contributed by atoms with Crippen molar-refractivity contribution in [1.29, 1.82) is 0 Å². The molecule has 0 spiro atoms. The van der Waals surface area contributed by atoms with E-state index < -0.39 is 0 Å². The van der Waals surface area contributed by atoms with E-state index in [1.54, 1.807) is 0 Å². The highest BCUT2D eigenvalue weighted by Gasteiger charge is 2.16. The Bertz CT molecular complexity index is 715. The second-order valence-corrected chi connectivity index (χ2v) is 17.8. The summed E-state index contributed by atoms with van der Waals surface area (Å²) >= 11 is 0. The first-order valence-electron chi connectivity index (χ1n) is 25.8. The van der Waals surface area contributed by atoms with Gasteiger partial charge in [0.25, 0.3) is 0 Å². The molecule has 2 nitrogen and oxygen atoms in total. The van der Waals surface area contributed by atoms with Crippen LogP contribution in [0.25, 0.3) is 0 Å². The van der Waals surface area contributed by atoms with Crippen LogP contribution < -0.4 is 0 Å². The Balaban J connectivity index is 3.76. The third kappa shape index (κ3) is 46.0. The maximum atomic E-state index is 11.1. The van der Waals surface area contributed by atoms with Gasteiger partial charge in [0, 0.05) is 6.61 Å². The second kappa shape index (κ2) is 49.5. The first kappa shape index (κ1) is 54.4. The van der Waals surface area contributed by atoms with Crippen molar-refractivity contribution in [3.05, 3.63) is 24.8 Å². The third-order valence-electron chi connectivity index (χ3n) is 12.1. The zero-order chi connectivity index (χ0) is 39.8. The zero-order valence-electron chi connectivity index (χ0n) is 38.3. The Morgan fingerprint density at radius 2 is 0.673 bits per heavy atom. The molecule has 0 heterocycles. The molecule has 0 aromatic heterocycles. The third-order valence-corrected chi connectivity index (χ3v) is 12.1. The molecule has 0 saturated heterocycles. The van der Waals surface area contributed by atoms with Gasteiger partial charge in [0.1, 0.15) is 6.10 Å². The van der Waals surface area contributed by atoms with Crippen LogP contribution >= 0.6 is 0 Å². The lowest BCUT2D eigenvalue weighted by atomic mass is 10.0. The highest BCUT2D eigenvalue weighted by atomic mass is 16.5. The van der Waals surface area contributed by atoms with Crippen molar-refractivity contribution in [2.45, 2.75) is 309 Å². The van der Waals surface area contributed by atoms with Crippen LogP contribution in [0, 0.1) is 0 Å². The molecule has 0 aliphatic carbocycles. The second-order valence-electron chi connectivity index (χ2n) is 17.8. The van der Waals surface area contributed by atoms with Gasteiger partial charge in [-0.3, -0.25) is 0 Å². The SMILES string of the molecule is C=CCCCCCCCCCCCCCCCC(O)C(C=CCCCCCC)OCCCCCCCCCCCCCCCCCCCCCCCCCC. The van der Waals surface area contributed by atoms with Crippen LogP contribution in [0.2, 0.25) is 0 Å². The van der Waals surface area contributed by atoms with E-state index in [9.17, 15) is 5.11 Å². The van der Waals surface area contributed by atoms with Gasteiger partial charge in [-0.25, -0.2) is 0 Å². The summed E-state index contributed by atoms with van der Waals surface area (Å²) in [5, 5.41) is 11.1. The van der Waals surface area contributed by atoms with Crippen LogP contribution in [0.1, 0.15) is 296 Å². The van der Waals surface area contributed by atoms with Crippen LogP contribution in [0.5, 0.6) is 0 Å². The lowest BCUT2D eigenvalue weighted by Crippen LogP contribution is -2.27. The first-order valence-corrected chi connectivity index (χ1v) is 25.8. The normalized spacial score (nSPS) is 12.9. The molecule has 0 fully saturated rings. The average molecular weight is 773 g/mol. The van der Waals surface area contributed by atoms with Crippen molar-refractivity contribution < 1.29 is 9.84 Å². The number of ether oxygens (including phenoxy) is 1. The number of hydrogen-bond acceptors (Lipinski definition) is 2. The van der Waals surface area contributed by atoms with E-state index in [4.69, 9.17) is 4.74 Å². The molecule has 2 unspecified atom stereocenters. The minimum absolute atomic E-state index is 0.127. The molecule has 0 radical (unpaired) electrons. The fraction of sp³-hybridized carbons (Fsp3) is 0.925. The van der Waals surface area contributed by atoms with E-state index in [2.05, 4.69) is 32.6 Å². The topological polar surface area (TPSA) is 29.5 Å². The summed E-state index contributed by atoms with van der Waals surface area (Å²) < 4.78 is 6.32. The molecule has 328 valence electrons. The first-order chi connectivity index (χ1) is 27.3. The molecule has 0 bridgehead atoms. The predicted octanol–water partition coefficient (Wildman–Crippen LogP) is 18.7. The van der Waals surface area contributed by atoms with E-state index in [-0.39, 0.29) is 12.2 Å². The highest BCUT2D eigenvalue weighted by Crippen LogP contribution is 2.18. The summed E-state index contributed by atoms with van der Waals surface area (Å²) in [7, 11) is 0. The van der Waals surface area contributed by atoms with Crippen LogP contribution in [0.15, 0.2) is 24.8 Å². The molecule has 1 N–H and O–H groups in total. The maximum absolute atomic E-state index is 11.1. The van der Waals surface area contributed by atoms with Crippen molar-refractivity contribution in [1.82, 2.24) is 0 Å². The van der Waals surface area contributed by atoms with Gasteiger partial charge in [0.05, 0.1) is 6.10 Å². The number of rotatable bonds is 49. The summed E-state index contributed by atoms with van der Waals surface area (Å²) in [5.74, 6) is 0. The Morgan fingerprint density at radius 1 is 0.382 bits per heavy atom. The molecule has 55 heavy (non-hydrogen) atoms. The van der Waals surface area contributed by atoms with Crippen LogP contribution in [0.4, 0.5) is 0 Å². The fourth-order valence-corrected chi connectivity index (χ4v) is 8.25. The molecule has 2 heteroatoms. The van der Waals surface area contributed by atoms with E-state index in [0.717, 1.165) is 32.3 Å². The number of allylic oxidation sites excluding steroid dienone is 2. The lowest BCUT2D eigenvalue weighted by Gasteiger charge is -2.21. The lowest BCUT2D eigenvalue weighted by molar-refractivity contribution is -0.0157. The minimum Gasteiger partial charge on any atom is -0.390 e. The quantitative estimate of drug-likeness (QED) is 0.0493. The molecule has 0 saturated carbocycles. The molecular weight excluding hydrogens is 669 g/mol. The number of hydrogen-bond donors (Lipinski definition) is 1. The molecule has 0 aromatic carbocycles. The van der Waals surface area contributed by atoms with Gasteiger partial charge >= 0.3 is 0 Å². The number of unbranched alkanes of at least 4 members (excludes halogenated alkanes) is 40. The van der Waals surface area contributed by atoms with Crippen LogP contribution in [-0.2, 0) is 4.74 Å². The molecular formula is C53H104O2. The Hall–Kier alpha value is -0.600. The van der Waals surface area contributed by atoms with Gasteiger partial charge in [0.2, 0.25) is 0 Å². The fourth-order valence-electron chi connectivity index (χ4n) is 8.25. The minimum atomic E-state index is -0.363. The van der Waals surface area contributed by atoms with Crippen molar-refractivity contribution >= 4 is 0 Å². The van der Waals surface area contributed by atoms with Gasteiger partial charge in [-0.15, -0.1) is 6.58 Å². The van der Waals surface area contributed by atoms with Crippen LogP contribution in [0.3, 0.4) is 0 Å². The summed E-state index contributed by atoms with van der Waals surface area (Å²) in [6.07, 6.45) is 66.1. The Labute approximate surface area is 348 Å². The molecule has 0 aliphatic heterocycles. The zero-order valence-corrected chi connectivity index (χ0v) is 38.3. The Kier molecular flexibility index (Phi) is 49.0. The number of aliphatic hydroxyl groups excluding tert-OH is 1. The summed E-state index contributed by atoms with van der Waals surface area (Å²) in [6.45, 7) is 9.18. The Morgan fingerprint density at radius 3 is 1.04 bits per heavy atom. The van der Waals surface area contributed by atoms with Gasteiger partial charge in [-0.2, -0.15) is 0 Å². The van der Waals surface area contributed by atoms with Gasteiger partial charge in [-0.1, -0.05) is 276 Å². The van der Waals surface area contributed by atoms with Crippen molar-refractivity contribution in [3.63, 3.8) is 0 Å². The van der Waals surface area contributed by atoms with E-state index >= 15 is 0 Å². The standard InChI is InChI=1S/C53H104O2/c1-4-7-10-13-16-18-20-22-24-25-26-27-28-29-30-31-32-34-36-38-40-42-45-48-51-55-53(50-47-44-15-12-9-6-3)52(54)49-46-43-41-39-37-35-33-23-21-19-17-14-11-8-5-2/h5,47,50,52-54H,2,4,6-46,48-49,51H2,1,3H3. The van der Waals surface area contributed by atoms with E-state index in [1.807, 2.05) is 6.08 Å². The average Bonchev–Trinajstić information content (AvgIpc) is 3.19. The van der Waals surface area contributed by atoms with Gasteiger partial charge in [-0.05, 0) is 38.5 Å². The van der Waals surface area contributed by atoms with Crippen molar-refractivity contribution in [2.24, 2.45) is 0 Å². The molecule has 2 atom stereocenters. The molecule has 0 amide bonds. The van der Waals surface area contributed by atoms with Crippen molar-refractivity contribution in [3.8, 4) is 0 Å². The maximum Gasteiger partial charge on any atom is 0.101 e. The van der Waals surface area contributed by atoms with Gasteiger partial charge in [0.15, 0.2) is 0 Å².